The summed E-state index contributed by atoms with van der Waals surface area (Å²) in [7, 11) is 0. The number of benzene rings is 1. The monoisotopic (exact) mass is 426 g/mol. The molecule has 26 heavy (non-hydrogen) atoms. The van der Waals surface area contributed by atoms with Gasteiger partial charge in [-0.25, -0.2) is 4.79 Å². The number of aromatic carboxylic acids is 1. The highest BCUT2D eigenvalue weighted by atomic mass is 79.9. The van der Waals surface area contributed by atoms with Gasteiger partial charge in [0.1, 0.15) is 11.3 Å². The van der Waals surface area contributed by atoms with Crippen LogP contribution in [0.3, 0.4) is 0 Å². The van der Waals surface area contributed by atoms with Gasteiger partial charge in [0.15, 0.2) is 0 Å². The zero-order chi connectivity index (χ0) is 19.0. The van der Waals surface area contributed by atoms with Crippen LogP contribution >= 0.6 is 15.9 Å². The highest BCUT2D eigenvalue weighted by Gasteiger charge is 2.13. The van der Waals surface area contributed by atoms with Crippen LogP contribution < -0.4 is 4.74 Å². The van der Waals surface area contributed by atoms with Gasteiger partial charge in [-0.3, -0.25) is 0 Å². The number of ether oxygens (including phenoxy) is 1. The summed E-state index contributed by atoms with van der Waals surface area (Å²) in [6, 6.07) is 5.10. The Bertz CT molecular complexity index is 502. The molecular weight excluding hydrogens is 392 g/mol. The average molecular weight is 427 g/mol. The standard InChI is InChI=1S/C22H35BrO3/c1-2-3-4-5-6-7-8-9-10-11-12-13-14-18-26-21-19(22(24)25)16-15-17-20(21)23/h15-17H,2-14,18H2,1H3,(H,24,25). The second-order valence-electron chi connectivity index (χ2n) is 7.01. The third kappa shape index (κ3) is 10.2. The van der Waals surface area contributed by atoms with Crippen LogP contribution in [0.15, 0.2) is 22.7 Å². The first kappa shape index (κ1) is 23.0. The van der Waals surface area contributed by atoms with Crippen molar-refractivity contribution in [2.24, 2.45) is 0 Å². The number of hydrogen-bond donors (Lipinski definition) is 1. The van der Waals surface area contributed by atoms with Gasteiger partial charge in [0, 0.05) is 0 Å². The Morgan fingerprint density at radius 1 is 0.885 bits per heavy atom. The molecule has 0 atom stereocenters. The molecule has 0 heterocycles. The van der Waals surface area contributed by atoms with Crippen LogP contribution in [-0.4, -0.2) is 17.7 Å². The van der Waals surface area contributed by atoms with Crippen molar-refractivity contribution in [2.45, 2.75) is 90.4 Å². The molecule has 0 saturated heterocycles. The lowest BCUT2D eigenvalue weighted by Gasteiger charge is -2.11. The van der Waals surface area contributed by atoms with Crippen LogP contribution in [0.25, 0.3) is 0 Å². The van der Waals surface area contributed by atoms with Gasteiger partial charge in [-0.05, 0) is 34.5 Å². The predicted octanol–water partition coefficient (Wildman–Crippen LogP) is 7.62. The minimum atomic E-state index is -0.952. The first-order chi connectivity index (χ1) is 12.7. The van der Waals surface area contributed by atoms with Crippen LogP contribution in [0.5, 0.6) is 5.75 Å². The van der Waals surface area contributed by atoms with E-state index in [9.17, 15) is 9.90 Å². The van der Waals surface area contributed by atoms with Crippen molar-refractivity contribution in [2.75, 3.05) is 6.61 Å². The molecule has 0 spiro atoms. The van der Waals surface area contributed by atoms with Crippen LogP contribution in [0.4, 0.5) is 0 Å². The molecule has 1 aromatic carbocycles. The van der Waals surface area contributed by atoms with Gasteiger partial charge in [0.2, 0.25) is 0 Å². The van der Waals surface area contributed by atoms with Crippen molar-refractivity contribution in [1.29, 1.82) is 0 Å². The van der Waals surface area contributed by atoms with E-state index in [1.807, 2.05) is 6.07 Å². The molecule has 0 aliphatic heterocycles. The zero-order valence-electron chi connectivity index (χ0n) is 16.3. The van der Waals surface area contributed by atoms with E-state index < -0.39 is 5.97 Å². The summed E-state index contributed by atoms with van der Waals surface area (Å²) in [5.41, 5.74) is 0.217. The predicted molar refractivity (Wildman–Crippen MR) is 112 cm³/mol. The number of para-hydroxylation sites is 1. The van der Waals surface area contributed by atoms with E-state index in [4.69, 9.17) is 4.74 Å². The topological polar surface area (TPSA) is 46.5 Å². The molecule has 0 aromatic heterocycles. The van der Waals surface area contributed by atoms with Crippen molar-refractivity contribution >= 4 is 21.9 Å². The number of carboxylic acids is 1. The Hall–Kier alpha value is -1.03. The Morgan fingerprint density at radius 2 is 1.38 bits per heavy atom. The van der Waals surface area contributed by atoms with Crippen molar-refractivity contribution < 1.29 is 14.6 Å². The Labute approximate surface area is 167 Å². The lowest BCUT2D eigenvalue weighted by Crippen LogP contribution is -2.05. The minimum Gasteiger partial charge on any atom is -0.491 e. The van der Waals surface area contributed by atoms with Gasteiger partial charge in [-0.2, -0.15) is 0 Å². The van der Waals surface area contributed by atoms with E-state index in [1.54, 1.807) is 12.1 Å². The van der Waals surface area contributed by atoms with Gasteiger partial charge in [0.05, 0.1) is 11.1 Å². The highest BCUT2D eigenvalue weighted by Crippen LogP contribution is 2.29. The van der Waals surface area contributed by atoms with Gasteiger partial charge in [-0.15, -0.1) is 0 Å². The molecule has 148 valence electrons. The summed E-state index contributed by atoms with van der Waals surface area (Å²) in [6.45, 7) is 2.83. The molecule has 0 unspecified atom stereocenters. The Morgan fingerprint density at radius 3 is 1.88 bits per heavy atom. The lowest BCUT2D eigenvalue weighted by atomic mass is 10.0. The van der Waals surface area contributed by atoms with E-state index in [1.165, 1.54) is 70.6 Å². The number of rotatable bonds is 16. The molecule has 1 N–H and O–H groups in total. The molecular formula is C22H35BrO3. The maximum Gasteiger partial charge on any atom is 0.339 e. The number of hydrogen-bond acceptors (Lipinski definition) is 2. The van der Waals surface area contributed by atoms with Crippen LogP contribution in [0, 0.1) is 0 Å². The SMILES string of the molecule is CCCCCCCCCCCCCCCOc1c(Br)cccc1C(=O)O. The lowest BCUT2D eigenvalue weighted by molar-refractivity contribution is 0.0692. The number of carbonyl (C=O) groups is 1. The molecule has 4 heteroatoms. The first-order valence-electron chi connectivity index (χ1n) is 10.3. The maximum absolute atomic E-state index is 11.2. The Kier molecular flexibility index (Phi) is 13.3. The van der Waals surface area contributed by atoms with E-state index >= 15 is 0 Å². The van der Waals surface area contributed by atoms with Gasteiger partial charge >= 0.3 is 5.97 Å². The molecule has 1 aromatic rings. The summed E-state index contributed by atoms with van der Waals surface area (Å²) < 4.78 is 6.40. The molecule has 0 amide bonds. The molecule has 0 radical (unpaired) electrons. The van der Waals surface area contributed by atoms with E-state index in [-0.39, 0.29) is 5.56 Å². The summed E-state index contributed by atoms with van der Waals surface area (Å²) >= 11 is 3.37. The molecule has 0 aliphatic carbocycles. The molecule has 0 fully saturated rings. The van der Waals surface area contributed by atoms with Crippen LogP contribution in [0.1, 0.15) is 101 Å². The normalized spacial score (nSPS) is 10.8. The summed E-state index contributed by atoms with van der Waals surface area (Å²) in [5.74, 6) is -0.509. The molecule has 0 bridgehead atoms. The molecule has 1 rings (SSSR count). The fourth-order valence-electron chi connectivity index (χ4n) is 3.12. The third-order valence-corrected chi connectivity index (χ3v) is 5.32. The highest BCUT2D eigenvalue weighted by molar-refractivity contribution is 9.10. The van der Waals surface area contributed by atoms with E-state index in [2.05, 4.69) is 22.9 Å². The Balaban J connectivity index is 1.98. The van der Waals surface area contributed by atoms with Crippen molar-refractivity contribution in [3.05, 3.63) is 28.2 Å². The van der Waals surface area contributed by atoms with E-state index in [0.717, 1.165) is 12.8 Å². The first-order valence-corrected chi connectivity index (χ1v) is 11.1. The van der Waals surface area contributed by atoms with Crippen LogP contribution in [-0.2, 0) is 0 Å². The van der Waals surface area contributed by atoms with Gasteiger partial charge in [0.25, 0.3) is 0 Å². The second-order valence-corrected chi connectivity index (χ2v) is 7.87. The van der Waals surface area contributed by atoms with Crippen molar-refractivity contribution in [3.63, 3.8) is 0 Å². The third-order valence-electron chi connectivity index (χ3n) is 4.69. The smallest absolute Gasteiger partial charge is 0.339 e. The average Bonchev–Trinajstić information content (AvgIpc) is 2.62. The number of unbranched alkanes of at least 4 members (excludes halogenated alkanes) is 12. The zero-order valence-corrected chi connectivity index (χ0v) is 17.9. The van der Waals surface area contributed by atoms with Crippen LogP contribution in [0.2, 0.25) is 0 Å². The maximum atomic E-state index is 11.2. The fraction of sp³-hybridized carbons (Fsp3) is 0.682. The van der Waals surface area contributed by atoms with E-state index in [0.29, 0.717) is 16.8 Å². The van der Waals surface area contributed by atoms with Gasteiger partial charge in [-0.1, -0.05) is 90.0 Å². The fourth-order valence-corrected chi connectivity index (χ4v) is 3.60. The molecule has 0 aliphatic rings. The summed E-state index contributed by atoms with van der Waals surface area (Å²) in [4.78, 5) is 11.2. The largest absolute Gasteiger partial charge is 0.491 e. The number of halogens is 1. The molecule has 3 nitrogen and oxygen atoms in total. The van der Waals surface area contributed by atoms with Crippen molar-refractivity contribution in [3.8, 4) is 5.75 Å². The quantitative estimate of drug-likeness (QED) is 0.276. The molecule has 0 saturated carbocycles. The summed E-state index contributed by atoms with van der Waals surface area (Å²) in [5, 5.41) is 9.20. The van der Waals surface area contributed by atoms with Crippen molar-refractivity contribution in [1.82, 2.24) is 0 Å². The summed E-state index contributed by atoms with van der Waals surface area (Å²) in [6.07, 6.45) is 17.1. The number of carboxylic acid groups (broad SMARTS) is 1. The second kappa shape index (κ2) is 15.1. The van der Waals surface area contributed by atoms with Gasteiger partial charge < -0.3 is 9.84 Å². The minimum absolute atomic E-state index is 0.217.